The van der Waals surface area contributed by atoms with Crippen molar-refractivity contribution in [3.05, 3.63) is 113 Å². The Morgan fingerprint density at radius 2 is 1.80 bits per heavy atom. The summed E-state index contributed by atoms with van der Waals surface area (Å²) in [4.78, 5) is 28.3. The average molecular weight is 462 g/mol. The highest BCUT2D eigenvalue weighted by atomic mass is 16.2. The van der Waals surface area contributed by atoms with Crippen molar-refractivity contribution < 1.29 is 9.59 Å². The molecule has 1 aliphatic rings. The number of hydrogen-bond donors (Lipinski definition) is 1. The Morgan fingerprint density at radius 3 is 2.54 bits per heavy atom. The average Bonchev–Trinajstić information content (AvgIpc) is 3.30. The first-order chi connectivity index (χ1) is 17.0. The molecular weight excluding hydrogens is 438 g/mol. The zero-order valence-electron chi connectivity index (χ0n) is 19.2. The molecule has 5 rings (SSSR count). The van der Waals surface area contributed by atoms with E-state index in [9.17, 15) is 9.59 Å². The first kappa shape index (κ1) is 22.1. The molecule has 0 aliphatic carbocycles. The number of benzene rings is 3. The number of rotatable bonds is 5. The molecule has 0 fully saturated rings. The standard InChI is InChI=1S/C28H23N5O2/c1-19-18-32-26(25(17-30-32)27(34)31-23-9-5-8-22(15-23)16-29)28(35)33(19)24-12-10-21(11-13-24)14-20-6-3-2-4-7-20/h2-13,15,17,19H,14,18H2,1H3,(H,31,34). The number of nitrogens with one attached hydrogen (secondary N) is 1. The fraction of sp³-hybridized carbons (Fsp3) is 0.143. The van der Waals surface area contributed by atoms with Crippen molar-refractivity contribution in [3.63, 3.8) is 0 Å². The highest BCUT2D eigenvalue weighted by Crippen LogP contribution is 2.28. The van der Waals surface area contributed by atoms with Gasteiger partial charge in [0.15, 0.2) is 0 Å². The maximum atomic E-state index is 13.6. The molecule has 1 atom stereocenters. The van der Waals surface area contributed by atoms with Crippen molar-refractivity contribution in [1.82, 2.24) is 9.78 Å². The molecule has 7 heteroatoms. The van der Waals surface area contributed by atoms with Crippen molar-refractivity contribution in [2.24, 2.45) is 0 Å². The molecule has 2 heterocycles. The van der Waals surface area contributed by atoms with Crippen LogP contribution in [0.15, 0.2) is 85.1 Å². The van der Waals surface area contributed by atoms with Gasteiger partial charge in [0.1, 0.15) is 5.69 Å². The highest BCUT2D eigenvalue weighted by molar-refractivity contribution is 6.15. The fourth-order valence-electron chi connectivity index (χ4n) is 4.40. The van der Waals surface area contributed by atoms with E-state index in [0.29, 0.717) is 17.8 Å². The molecule has 1 unspecified atom stereocenters. The van der Waals surface area contributed by atoms with E-state index in [4.69, 9.17) is 5.26 Å². The largest absolute Gasteiger partial charge is 0.322 e. The van der Waals surface area contributed by atoms with Crippen molar-refractivity contribution in [2.75, 3.05) is 10.2 Å². The molecule has 1 aromatic heterocycles. The van der Waals surface area contributed by atoms with E-state index in [2.05, 4.69) is 22.5 Å². The maximum absolute atomic E-state index is 13.6. The minimum Gasteiger partial charge on any atom is -0.322 e. The van der Waals surface area contributed by atoms with Gasteiger partial charge in [-0.1, -0.05) is 48.5 Å². The Balaban J connectivity index is 1.38. The second-order valence-corrected chi connectivity index (χ2v) is 8.59. The predicted octanol–water partition coefficient (Wildman–Crippen LogP) is 4.65. The van der Waals surface area contributed by atoms with Crippen LogP contribution in [0.4, 0.5) is 11.4 Å². The molecule has 172 valence electrons. The number of aromatic nitrogens is 2. The van der Waals surface area contributed by atoms with Gasteiger partial charge in [0.25, 0.3) is 11.8 Å². The molecular formula is C28H23N5O2. The number of carbonyl (C=O) groups excluding carboxylic acids is 2. The lowest BCUT2D eigenvalue weighted by Crippen LogP contribution is -2.47. The number of nitriles is 1. The van der Waals surface area contributed by atoms with E-state index >= 15 is 0 Å². The molecule has 3 aromatic carbocycles. The number of fused-ring (bicyclic) bond motifs is 1. The van der Waals surface area contributed by atoms with Crippen LogP contribution < -0.4 is 10.2 Å². The van der Waals surface area contributed by atoms with Crippen LogP contribution in [0.25, 0.3) is 0 Å². The first-order valence-corrected chi connectivity index (χ1v) is 11.4. The van der Waals surface area contributed by atoms with Gasteiger partial charge in [0, 0.05) is 11.4 Å². The topological polar surface area (TPSA) is 91.0 Å². The van der Waals surface area contributed by atoms with E-state index in [-0.39, 0.29) is 23.2 Å². The molecule has 1 aliphatic heterocycles. The third kappa shape index (κ3) is 4.42. The molecule has 2 amide bonds. The normalized spacial score (nSPS) is 14.8. The molecule has 0 spiro atoms. The van der Waals surface area contributed by atoms with E-state index in [1.165, 1.54) is 11.8 Å². The second kappa shape index (κ2) is 9.27. The van der Waals surface area contributed by atoms with Crippen LogP contribution in [0.5, 0.6) is 0 Å². The van der Waals surface area contributed by atoms with Gasteiger partial charge in [-0.05, 0) is 54.8 Å². The predicted molar refractivity (Wildman–Crippen MR) is 133 cm³/mol. The fourth-order valence-corrected chi connectivity index (χ4v) is 4.40. The van der Waals surface area contributed by atoms with Gasteiger partial charge >= 0.3 is 0 Å². The molecule has 0 bridgehead atoms. The summed E-state index contributed by atoms with van der Waals surface area (Å²) in [5.74, 6) is -0.713. The third-order valence-corrected chi connectivity index (χ3v) is 6.10. The van der Waals surface area contributed by atoms with Crippen molar-refractivity contribution >= 4 is 23.2 Å². The van der Waals surface area contributed by atoms with E-state index in [0.717, 1.165) is 17.7 Å². The molecule has 1 N–H and O–H groups in total. The van der Waals surface area contributed by atoms with Gasteiger partial charge < -0.3 is 10.2 Å². The lowest BCUT2D eigenvalue weighted by molar-refractivity contribution is 0.0933. The van der Waals surface area contributed by atoms with Crippen molar-refractivity contribution in [2.45, 2.75) is 25.9 Å². The Bertz CT molecular complexity index is 1430. The summed E-state index contributed by atoms with van der Waals surface area (Å²) in [6, 6.07) is 26.7. The number of nitrogens with zero attached hydrogens (tertiary/aromatic N) is 4. The van der Waals surface area contributed by atoms with E-state index < -0.39 is 5.91 Å². The van der Waals surface area contributed by atoms with Gasteiger partial charge in [-0.15, -0.1) is 0 Å². The summed E-state index contributed by atoms with van der Waals surface area (Å²) < 4.78 is 1.59. The van der Waals surface area contributed by atoms with Crippen LogP contribution in [-0.2, 0) is 13.0 Å². The smallest absolute Gasteiger partial charge is 0.277 e. The van der Waals surface area contributed by atoms with E-state index in [1.54, 1.807) is 33.8 Å². The maximum Gasteiger partial charge on any atom is 0.277 e. The van der Waals surface area contributed by atoms with Gasteiger partial charge in [-0.25, -0.2) is 0 Å². The molecule has 0 saturated carbocycles. The lowest BCUT2D eigenvalue weighted by atomic mass is 10.0. The SMILES string of the molecule is CC1Cn2ncc(C(=O)Nc3cccc(C#N)c3)c2C(=O)N1c1ccc(Cc2ccccc2)cc1. The molecule has 0 radical (unpaired) electrons. The number of carbonyl (C=O) groups is 2. The van der Waals surface area contributed by atoms with Crippen LogP contribution in [0.3, 0.4) is 0 Å². The monoisotopic (exact) mass is 461 g/mol. The number of amides is 2. The third-order valence-electron chi connectivity index (χ3n) is 6.10. The Morgan fingerprint density at radius 1 is 1.06 bits per heavy atom. The van der Waals surface area contributed by atoms with Gasteiger partial charge in [-0.2, -0.15) is 10.4 Å². The molecule has 35 heavy (non-hydrogen) atoms. The summed E-state index contributed by atoms with van der Waals surface area (Å²) in [5, 5.41) is 16.2. The number of hydrogen-bond acceptors (Lipinski definition) is 4. The van der Waals surface area contributed by atoms with Crippen LogP contribution in [0, 0.1) is 11.3 Å². The highest BCUT2D eigenvalue weighted by Gasteiger charge is 2.35. The lowest BCUT2D eigenvalue weighted by Gasteiger charge is -2.34. The first-order valence-electron chi connectivity index (χ1n) is 11.4. The quantitative estimate of drug-likeness (QED) is 0.469. The van der Waals surface area contributed by atoms with Crippen LogP contribution >= 0.6 is 0 Å². The zero-order valence-corrected chi connectivity index (χ0v) is 19.2. The second-order valence-electron chi connectivity index (χ2n) is 8.59. The van der Waals surface area contributed by atoms with Gasteiger partial charge in [-0.3, -0.25) is 14.3 Å². The van der Waals surface area contributed by atoms with Gasteiger partial charge in [0.05, 0.1) is 36.0 Å². The summed E-state index contributed by atoms with van der Waals surface area (Å²) in [6.45, 7) is 2.44. The Labute approximate surface area is 203 Å². The molecule has 4 aromatic rings. The summed E-state index contributed by atoms with van der Waals surface area (Å²) in [5.41, 5.74) is 4.53. The van der Waals surface area contributed by atoms with E-state index in [1.807, 2.05) is 55.5 Å². The van der Waals surface area contributed by atoms with Crippen molar-refractivity contribution in [1.29, 1.82) is 5.26 Å². The van der Waals surface area contributed by atoms with Crippen LogP contribution in [0.2, 0.25) is 0 Å². The number of anilines is 2. The van der Waals surface area contributed by atoms with Crippen molar-refractivity contribution in [3.8, 4) is 6.07 Å². The van der Waals surface area contributed by atoms with Gasteiger partial charge in [0.2, 0.25) is 0 Å². The summed E-state index contributed by atoms with van der Waals surface area (Å²) in [6.07, 6.45) is 2.24. The molecule has 7 nitrogen and oxygen atoms in total. The molecule has 0 saturated heterocycles. The van der Waals surface area contributed by atoms with Crippen LogP contribution in [0.1, 0.15) is 44.5 Å². The Hall–Kier alpha value is -4.70. The Kier molecular flexibility index (Phi) is 5.86. The summed E-state index contributed by atoms with van der Waals surface area (Å²) in [7, 11) is 0. The minimum absolute atomic E-state index is 0.127. The van der Waals surface area contributed by atoms with Crippen LogP contribution in [-0.4, -0.2) is 27.6 Å². The summed E-state index contributed by atoms with van der Waals surface area (Å²) >= 11 is 0. The zero-order chi connectivity index (χ0) is 24.4. The minimum atomic E-state index is -0.442.